The summed E-state index contributed by atoms with van der Waals surface area (Å²) in [5.41, 5.74) is 6.14. The lowest BCUT2D eigenvalue weighted by molar-refractivity contribution is 0.160. The van der Waals surface area contributed by atoms with E-state index in [2.05, 4.69) is 18.7 Å². The third kappa shape index (κ3) is 2.28. The van der Waals surface area contributed by atoms with Crippen molar-refractivity contribution in [2.24, 2.45) is 5.73 Å². The van der Waals surface area contributed by atoms with Gasteiger partial charge < -0.3 is 10.6 Å². The minimum absolute atomic E-state index is 0.00463. The summed E-state index contributed by atoms with van der Waals surface area (Å²) < 4.78 is 0.796. The Kier molecular flexibility index (Phi) is 3.58. The van der Waals surface area contributed by atoms with Crippen LogP contribution in [0.25, 0.3) is 0 Å². The molecule has 14 heavy (non-hydrogen) atoms. The van der Waals surface area contributed by atoms with Crippen LogP contribution in [0, 0.1) is 0 Å². The van der Waals surface area contributed by atoms with Gasteiger partial charge in [0, 0.05) is 10.4 Å². The van der Waals surface area contributed by atoms with E-state index in [9.17, 15) is 0 Å². The van der Waals surface area contributed by atoms with Gasteiger partial charge in [0.25, 0.3) is 0 Å². The zero-order chi connectivity index (χ0) is 10.9. The van der Waals surface area contributed by atoms with Gasteiger partial charge in [0.1, 0.15) is 0 Å². The second-order valence-corrected chi connectivity index (χ2v) is 5.91. The van der Waals surface area contributed by atoms with Crippen LogP contribution in [0.5, 0.6) is 0 Å². The molecule has 1 atom stereocenters. The van der Waals surface area contributed by atoms with Crippen LogP contribution in [-0.2, 0) is 0 Å². The quantitative estimate of drug-likeness (QED) is 0.869. The fourth-order valence-electron chi connectivity index (χ4n) is 1.12. The molecule has 0 saturated heterocycles. The Morgan fingerprint density at radius 3 is 2.36 bits per heavy atom. The first kappa shape index (κ1) is 12.0. The van der Waals surface area contributed by atoms with Crippen molar-refractivity contribution in [2.75, 3.05) is 14.1 Å². The van der Waals surface area contributed by atoms with Crippen molar-refractivity contribution in [3.63, 3.8) is 0 Å². The van der Waals surface area contributed by atoms with Gasteiger partial charge in [-0.25, -0.2) is 0 Å². The summed E-state index contributed by atoms with van der Waals surface area (Å²) in [6.45, 7) is 4.26. The van der Waals surface area contributed by atoms with Gasteiger partial charge in [-0.2, -0.15) is 0 Å². The highest BCUT2D eigenvalue weighted by Crippen LogP contribution is 2.33. The summed E-state index contributed by atoms with van der Waals surface area (Å²) in [5.74, 6) is 0. The molecule has 0 amide bonds. The smallest absolute Gasteiger partial charge is 0.0931 e. The summed E-state index contributed by atoms with van der Waals surface area (Å²) in [4.78, 5) is 3.26. The van der Waals surface area contributed by atoms with Crippen LogP contribution in [0.1, 0.15) is 24.8 Å². The minimum Gasteiger partial charge on any atom is -0.322 e. The lowest BCUT2D eigenvalue weighted by atomic mass is 9.93. The summed E-state index contributed by atoms with van der Waals surface area (Å²) in [5, 5.41) is 0. The van der Waals surface area contributed by atoms with Gasteiger partial charge in [0.15, 0.2) is 0 Å². The lowest BCUT2D eigenvalue weighted by Crippen LogP contribution is -2.47. The number of halogens is 1. The highest BCUT2D eigenvalue weighted by atomic mass is 35.5. The zero-order valence-electron chi connectivity index (χ0n) is 9.04. The SMILES string of the molecule is CN(C)C(C)(C)C(N)c1ccc(Cl)s1. The Balaban J connectivity index is 2.89. The van der Waals surface area contributed by atoms with E-state index in [0.29, 0.717) is 0 Å². The number of hydrogen-bond donors (Lipinski definition) is 1. The van der Waals surface area contributed by atoms with E-state index in [-0.39, 0.29) is 11.6 Å². The number of nitrogens with zero attached hydrogens (tertiary/aromatic N) is 1. The maximum atomic E-state index is 6.20. The predicted molar refractivity (Wildman–Crippen MR) is 64.0 cm³/mol. The van der Waals surface area contributed by atoms with Crippen molar-refractivity contribution in [1.82, 2.24) is 4.90 Å². The molecule has 0 aromatic carbocycles. The summed E-state index contributed by atoms with van der Waals surface area (Å²) in [7, 11) is 4.07. The molecule has 1 rings (SSSR count). The molecule has 4 heteroatoms. The van der Waals surface area contributed by atoms with E-state index >= 15 is 0 Å². The normalized spacial score (nSPS) is 14.8. The Hall–Kier alpha value is -0.0900. The largest absolute Gasteiger partial charge is 0.322 e. The van der Waals surface area contributed by atoms with Crippen LogP contribution < -0.4 is 5.73 Å². The van der Waals surface area contributed by atoms with E-state index in [1.807, 2.05) is 26.2 Å². The first-order valence-electron chi connectivity index (χ1n) is 4.54. The highest BCUT2D eigenvalue weighted by molar-refractivity contribution is 7.16. The molecular formula is C10H17ClN2S. The molecule has 0 aliphatic heterocycles. The van der Waals surface area contributed by atoms with Crippen molar-refractivity contribution in [3.8, 4) is 0 Å². The molecule has 1 heterocycles. The maximum Gasteiger partial charge on any atom is 0.0931 e. The predicted octanol–water partition coefficient (Wildman–Crippen LogP) is 2.74. The van der Waals surface area contributed by atoms with Gasteiger partial charge >= 0.3 is 0 Å². The molecule has 2 nitrogen and oxygen atoms in total. The molecule has 0 spiro atoms. The summed E-state index contributed by atoms with van der Waals surface area (Å²) in [6.07, 6.45) is 0. The van der Waals surface area contributed by atoms with Crippen molar-refractivity contribution in [1.29, 1.82) is 0 Å². The van der Waals surface area contributed by atoms with Gasteiger partial charge in [-0.3, -0.25) is 0 Å². The molecular weight excluding hydrogens is 216 g/mol. The van der Waals surface area contributed by atoms with E-state index in [0.717, 1.165) is 9.21 Å². The Labute approximate surface area is 94.7 Å². The average Bonchev–Trinajstić information content (AvgIpc) is 2.50. The van der Waals surface area contributed by atoms with E-state index in [1.54, 1.807) is 11.3 Å². The Bertz CT molecular complexity index is 307. The van der Waals surface area contributed by atoms with Gasteiger partial charge in [-0.05, 0) is 40.1 Å². The minimum atomic E-state index is -0.0613. The van der Waals surface area contributed by atoms with E-state index < -0.39 is 0 Å². The zero-order valence-corrected chi connectivity index (χ0v) is 10.6. The third-order valence-corrected chi connectivity index (χ3v) is 4.13. The van der Waals surface area contributed by atoms with Crippen molar-refractivity contribution < 1.29 is 0 Å². The molecule has 0 aliphatic carbocycles. The number of hydrogen-bond acceptors (Lipinski definition) is 3. The topological polar surface area (TPSA) is 29.3 Å². The second kappa shape index (κ2) is 4.19. The van der Waals surface area contributed by atoms with Crippen molar-refractivity contribution in [2.45, 2.75) is 25.4 Å². The third-order valence-electron chi connectivity index (χ3n) is 2.81. The van der Waals surface area contributed by atoms with Gasteiger partial charge in [0.2, 0.25) is 0 Å². The van der Waals surface area contributed by atoms with Gasteiger partial charge in [0.05, 0.1) is 10.4 Å². The van der Waals surface area contributed by atoms with Gasteiger partial charge in [-0.1, -0.05) is 11.6 Å². The molecule has 0 aliphatic rings. The molecule has 2 N–H and O–H groups in total. The number of rotatable bonds is 3. The van der Waals surface area contributed by atoms with Crippen LogP contribution in [0.4, 0.5) is 0 Å². The summed E-state index contributed by atoms with van der Waals surface area (Å²) >= 11 is 7.44. The average molecular weight is 233 g/mol. The molecule has 1 aromatic heterocycles. The molecule has 0 bridgehead atoms. The van der Waals surface area contributed by atoms with Crippen LogP contribution >= 0.6 is 22.9 Å². The maximum absolute atomic E-state index is 6.20. The number of likely N-dealkylation sites (N-methyl/N-ethyl adjacent to an activating group) is 1. The molecule has 80 valence electrons. The van der Waals surface area contributed by atoms with E-state index in [4.69, 9.17) is 17.3 Å². The van der Waals surface area contributed by atoms with Crippen LogP contribution in [0.3, 0.4) is 0 Å². The summed E-state index contributed by atoms with van der Waals surface area (Å²) in [6, 6.07) is 3.89. The first-order valence-corrected chi connectivity index (χ1v) is 5.73. The monoisotopic (exact) mass is 232 g/mol. The van der Waals surface area contributed by atoms with E-state index in [1.165, 1.54) is 0 Å². The Morgan fingerprint density at radius 2 is 2.00 bits per heavy atom. The molecule has 1 unspecified atom stereocenters. The molecule has 0 radical (unpaired) electrons. The molecule has 0 saturated carbocycles. The Morgan fingerprint density at radius 1 is 1.43 bits per heavy atom. The molecule has 1 aromatic rings. The standard InChI is InChI=1S/C10H17ClN2S/c1-10(2,13(3)4)9(12)7-5-6-8(11)14-7/h5-6,9H,12H2,1-4H3. The fourth-order valence-corrected chi connectivity index (χ4v) is 2.36. The van der Waals surface area contributed by atoms with Crippen LogP contribution in [0.15, 0.2) is 12.1 Å². The number of thiophene rings is 1. The first-order chi connectivity index (χ1) is 6.35. The highest BCUT2D eigenvalue weighted by Gasteiger charge is 2.30. The van der Waals surface area contributed by atoms with Crippen LogP contribution in [0.2, 0.25) is 4.34 Å². The second-order valence-electron chi connectivity index (χ2n) is 4.17. The lowest BCUT2D eigenvalue weighted by Gasteiger charge is -2.37. The number of nitrogens with two attached hydrogens (primary N) is 1. The van der Waals surface area contributed by atoms with Crippen molar-refractivity contribution >= 4 is 22.9 Å². The van der Waals surface area contributed by atoms with Gasteiger partial charge in [-0.15, -0.1) is 11.3 Å². The molecule has 0 fully saturated rings. The fraction of sp³-hybridized carbons (Fsp3) is 0.600. The van der Waals surface area contributed by atoms with Crippen LogP contribution in [-0.4, -0.2) is 24.5 Å². The van der Waals surface area contributed by atoms with Crippen molar-refractivity contribution in [3.05, 3.63) is 21.3 Å².